The van der Waals surface area contributed by atoms with E-state index in [4.69, 9.17) is 5.11 Å². The fourth-order valence-corrected chi connectivity index (χ4v) is 1.79. The molecular weight excluding hydrogens is 218 g/mol. The molecule has 1 heterocycles. The Kier molecular flexibility index (Phi) is 4.69. The van der Waals surface area contributed by atoms with E-state index in [0.717, 1.165) is 23.4 Å². The number of amides is 1. The van der Waals surface area contributed by atoms with Gasteiger partial charge in [0.05, 0.1) is 24.8 Å². The Bertz CT molecular complexity index is 395. The van der Waals surface area contributed by atoms with E-state index in [1.165, 1.54) is 0 Å². The van der Waals surface area contributed by atoms with Gasteiger partial charge in [0.15, 0.2) is 0 Å². The Morgan fingerprint density at radius 1 is 1.53 bits per heavy atom. The lowest BCUT2D eigenvalue weighted by atomic mass is 10.1. The minimum atomic E-state index is -0.153. The standard InChI is InChI=1S/C12H21N3O2/c1-5-10(7-16)13-12(17)6-11-8(2)14-15(4)9(11)3/h10,16H,5-7H2,1-4H3,(H,13,17). The van der Waals surface area contributed by atoms with E-state index in [1.54, 1.807) is 4.68 Å². The van der Waals surface area contributed by atoms with Crippen LogP contribution in [0.2, 0.25) is 0 Å². The molecule has 0 aliphatic carbocycles. The average Bonchev–Trinajstić information content (AvgIpc) is 2.53. The summed E-state index contributed by atoms with van der Waals surface area (Å²) in [4.78, 5) is 11.8. The summed E-state index contributed by atoms with van der Waals surface area (Å²) >= 11 is 0. The maximum absolute atomic E-state index is 11.8. The summed E-state index contributed by atoms with van der Waals surface area (Å²) in [5, 5.41) is 16.1. The molecule has 17 heavy (non-hydrogen) atoms. The van der Waals surface area contributed by atoms with Gasteiger partial charge < -0.3 is 10.4 Å². The number of hydrogen-bond donors (Lipinski definition) is 2. The highest BCUT2D eigenvalue weighted by Gasteiger charge is 2.15. The molecule has 0 aromatic carbocycles. The molecule has 1 aromatic rings. The number of aliphatic hydroxyl groups is 1. The van der Waals surface area contributed by atoms with Gasteiger partial charge in [-0.15, -0.1) is 0 Å². The quantitative estimate of drug-likeness (QED) is 0.784. The average molecular weight is 239 g/mol. The van der Waals surface area contributed by atoms with Crippen molar-refractivity contribution in [3.63, 3.8) is 0 Å². The lowest BCUT2D eigenvalue weighted by Crippen LogP contribution is -2.38. The van der Waals surface area contributed by atoms with Crippen molar-refractivity contribution in [1.29, 1.82) is 0 Å². The van der Waals surface area contributed by atoms with Gasteiger partial charge >= 0.3 is 0 Å². The van der Waals surface area contributed by atoms with Gasteiger partial charge in [-0.25, -0.2) is 0 Å². The first-order chi connectivity index (χ1) is 7.99. The molecule has 0 aliphatic rings. The van der Waals surface area contributed by atoms with Crippen molar-refractivity contribution in [2.45, 2.75) is 39.7 Å². The normalized spacial score (nSPS) is 12.5. The van der Waals surface area contributed by atoms with Crippen LogP contribution in [0.4, 0.5) is 0 Å². The molecule has 0 saturated heterocycles. The van der Waals surface area contributed by atoms with E-state index >= 15 is 0 Å². The van der Waals surface area contributed by atoms with E-state index in [-0.39, 0.29) is 18.6 Å². The van der Waals surface area contributed by atoms with Crippen molar-refractivity contribution in [3.8, 4) is 0 Å². The topological polar surface area (TPSA) is 67.2 Å². The Morgan fingerprint density at radius 2 is 2.18 bits per heavy atom. The molecule has 0 aliphatic heterocycles. The number of carbonyl (C=O) groups is 1. The monoisotopic (exact) mass is 239 g/mol. The second-order valence-corrected chi connectivity index (χ2v) is 4.31. The molecule has 1 unspecified atom stereocenters. The first-order valence-electron chi connectivity index (χ1n) is 5.88. The lowest BCUT2D eigenvalue weighted by molar-refractivity contribution is -0.121. The molecule has 2 N–H and O–H groups in total. The Hall–Kier alpha value is -1.36. The maximum Gasteiger partial charge on any atom is 0.224 e. The number of aryl methyl sites for hydroxylation is 2. The number of nitrogens with zero attached hydrogens (tertiary/aromatic N) is 2. The van der Waals surface area contributed by atoms with Crippen molar-refractivity contribution >= 4 is 5.91 Å². The van der Waals surface area contributed by atoms with E-state index in [1.807, 2.05) is 27.8 Å². The van der Waals surface area contributed by atoms with Gasteiger partial charge in [-0.3, -0.25) is 9.48 Å². The Morgan fingerprint density at radius 3 is 2.59 bits per heavy atom. The van der Waals surface area contributed by atoms with E-state index in [9.17, 15) is 4.79 Å². The third-order valence-corrected chi connectivity index (χ3v) is 3.07. The zero-order chi connectivity index (χ0) is 13.0. The molecule has 0 fully saturated rings. The predicted molar refractivity (Wildman–Crippen MR) is 65.7 cm³/mol. The molecular formula is C12H21N3O2. The highest BCUT2D eigenvalue weighted by atomic mass is 16.3. The molecule has 1 aromatic heterocycles. The number of rotatable bonds is 5. The number of hydrogen-bond acceptors (Lipinski definition) is 3. The van der Waals surface area contributed by atoms with Gasteiger partial charge in [0.2, 0.25) is 5.91 Å². The molecule has 0 spiro atoms. The predicted octanol–water partition coefficient (Wildman–Crippen LogP) is 0.467. The van der Waals surface area contributed by atoms with Crippen LogP contribution in [0.3, 0.4) is 0 Å². The van der Waals surface area contributed by atoms with Crippen LogP contribution in [0.15, 0.2) is 0 Å². The van der Waals surface area contributed by atoms with Gasteiger partial charge in [0.1, 0.15) is 0 Å². The summed E-state index contributed by atoms with van der Waals surface area (Å²) in [5.41, 5.74) is 2.87. The van der Waals surface area contributed by atoms with Gasteiger partial charge in [0.25, 0.3) is 0 Å². The molecule has 0 bridgehead atoms. The second-order valence-electron chi connectivity index (χ2n) is 4.31. The zero-order valence-electron chi connectivity index (χ0n) is 10.9. The highest BCUT2D eigenvalue weighted by Crippen LogP contribution is 2.12. The highest BCUT2D eigenvalue weighted by molar-refractivity contribution is 5.79. The zero-order valence-corrected chi connectivity index (χ0v) is 10.9. The minimum Gasteiger partial charge on any atom is -0.394 e. The van der Waals surface area contributed by atoms with Crippen LogP contribution in [0.5, 0.6) is 0 Å². The van der Waals surface area contributed by atoms with Crippen molar-refractivity contribution in [2.24, 2.45) is 7.05 Å². The number of aliphatic hydroxyl groups excluding tert-OH is 1. The van der Waals surface area contributed by atoms with Crippen LogP contribution in [0.1, 0.15) is 30.3 Å². The summed E-state index contributed by atoms with van der Waals surface area (Å²) in [7, 11) is 1.87. The smallest absolute Gasteiger partial charge is 0.224 e. The summed E-state index contributed by atoms with van der Waals surface area (Å²) in [6.07, 6.45) is 1.05. The van der Waals surface area contributed by atoms with Crippen LogP contribution >= 0.6 is 0 Å². The Labute approximate surface area is 102 Å². The summed E-state index contributed by atoms with van der Waals surface area (Å²) in [6, 6.07) is -0.153. The number of carbonyl (C=O) groups excluding carboxylic acids is 1. The minimum absolute atomic E-state index is 0.0206. The van der Waals surface area contributed by atoms with Gasteiger partial charge in [-0.1, -0.05) is 6.92 Å². The molecule has 1 rings (SSSR count). The lowest BCUT2D eigenvalue weighted by Gasteiger charge is -2.13. The van der Waals surface area contributed by atoms with Gasteiger partial charge in [-0.2, -0.15) is 5.10 Å². The first-order valence-corrected chi connectivity index (χ1v) is 5.88. The molecule has 5 nitrogen and oxygen atoms in total. The summed E-state index contributed by atoms with van der Waals surface area (Å²) in [6.45, 7) is 5.76. The third-order valence-electron chi connectivity index (χ3n) is 3.07. The van der Waals surface area contributed by atoms with Crippen LogP contribution in [0, 0.1) is 13.8 Å². The largest absolute Gasteiger partial charge is 0.394 e. The molecule has 0 radical (unpaired) electrons. The van der Waals surface area contributed by atoms with Crippen molar-refractivity contribution in [1.82, 2.24) is 15.1 Å². The number of aromatic nitrogens is 2. The first kappa shape index (κ1) is 13.7. The molecule has 96 valence electrons. The molecule has 1 atom stereocenters. The SMILES string of the molecule is CCC(CO)NC(=O)Cc1c(C)nn(C)c1C. The Balaban J connectivity index is 2.68. The van der Waals surface area contributed by atoms with Crippen LogP contribution in [-0.4, -0.2) is 33.4 Å². The molecule has 1 amide bonds. The maximum atomic E-state index is 11.8. The fraction of sp³-hybridized carbons (Fsp3) is 0.667. The van der Waals surface area contributed by atoms with E-state index in [0.29, 0.717) is 6.42 Å². The van der Waals surface area contributed by atoms with Crippen LogP contribution < -0.4 is 5.32 Å². The van der Waals surface area contributed by atoms with Crippen LogP contribution in [0.25, 0.3) is 0 Å². The van der Waals surface area contributed by atoms with Gasteiger partial charge in [0, 0.05) is 18.3 Å². The van der Waals surface area contributed by atoms with Crippen molar-refractivity contribution in [2.75, 3.05) is 6.61 Å². The van der Waals surface area contributed by atoms with Crippen molar-refractivity contribution in [3.05, 3.63) is 17.0 Å². The van der Waals surface area contributed by atoms with Crippen molar-refractivity contribution < 1.29 is 9.90 Å². The van der Waals surface area contributed by atoms with E-state index < -0.39 is 0 Å². The summed E-state index contributed by atoms with van der Waals surface area (Å²) < 4.78 is 1.78. The van der Waals surface area contributed by atoms with E-state index in [2.05, 4.69) is 10.4 Å². The van der Waals surface area contributed by atoms with Crippen LogP contribution in [-0.2, 0) is 18.3 Å². The fourth-order valence-electron chi connectivity index (χ4n) is 1.79. The molecule has 0 saturated carbocycles. The third kappa shape index (κ3) is 3.30. The second kappa shape index (κ2) is 5.82. The van der Waals surface area contributed by atoms with Gasteiger partial charge in [-0.05, 0) is 20.3 Å². The summed E-state index contributed by atoms with van der Waals surface area (Å²) in [5.74, 6) is -0.0647. The molecule has 5 heteroatoms. The number of nitrogens with one attached hydrogen (secondary N) is 1.